The zero-order valence-electron chi connectivity index (χ0n) is 18.8. The van der Waals surface area contributed by atoms with E-state index in [1.54, 1.807) is 6.07 Å². The summed E-state index contributed by atoms with van der Waals surface area (Å²) in [6, 6.07) is 9.34. The number of rotatable bonds is 5. The first-order valence-corrected chi connectivity index (χ1v) is 11.0. The number of halogens is 7. The fourth-order valence-corrected chi connectivity index (χ4v) is 3.95. The van der Waals surface area contributed by atoms with Gasteiger partial charge in [0.15, 0.2) is 0 Å². The van der Waals surface area contributed by atoms with Crippen molar-refractivity contribution < 1.29 is 40.3 Å². The molecule has 0 aliphatic carbocycles. The van der Waals surface area contributed by atoms with Crippen LogP contribution in [0.3, 0.4) is 0 Å². The normalized spacial score (nSPS) is 17.9. The number of anilines is 2. The Morgan fingerprint density at radius 3 is 2.00 bits per heavy atom. The van der Waals surface area contributed by atoms with Crippen LogP contribution in [0.2, 0.25) is 0 Å². The maximum absolute atomic E-state index is 13.8. The summed E-state index contributed by atoms with van der Waals surface area (Å²) in [5, 5.41) is 0. The molecule has 36 heavy (non-hydrogen) atoms. The highest BCUT2D eigenvalue weighted by Crippen LogP contribution is 2.47. The van der Waals surface area contributed by atoms with Crippen molar-refractivity contribution in [3.8, 4) is 11.3 Å². The maximum Gasteiger partial charge on any atom is 0.460 e. The summed E-state index contributed by atoms with van der Waals surface area (Å²) in [7, 11) is 0. The molecule has 0 bridgehead atoms. The van der Waals surface area contributed by atoms with E-state index in [9.17, 15) is 35.5 Å². The molecule has 4 rings (SSSR count). The van der Waals surface area contributed by atoms with Crippen molar-refractivity contribution in [1.82, 2.24) is 14.9 Å². The van der Waals surface area contributed by atoms with Crippen LogP contribution in [-0.2, 0) is 9.53 Å². The van der Waals surface area contributed by atoms with E-state index in [2.05, 4.69) is 14.9 Å². The molecule has 0 saturated carbocycles. The highest BCUT2D eigenvalue weighted by atomic mass is 19.4. The van der Waals surface area contributed by atoms with Gasteiger partial charge in [-0.15, -0.1) is 0 Å². The van der Waals surface area contributed by atoms with Gasteiger partial charge in [-0.2, -0.15) is 30.7 Å². The molecule has 14 heteroatoms. The van der Waals surface area contributed by atoms with Crippen LogP contribution in [0, 0.1) is 0 Å². The zero-order valence-corrected chi connectivity index (χ0v) is 18.8. The van der Waals surface area contributed by atoms with Crippen LogP contribution in [0.15, 0.2) is 36.5 Å². The highest BCUT2D eigenvalue weighted by molar-refractivity contribution is 5.85. The van der Waals surface area contributed by atoms with Crippen molar-refractivity contribution in [3.05, 3.63) is 36.5 Å². The molecule has 0 unspecified atom stereocenters. The van der Waals surface area contributed by atoms with Crippen LogP contribution in [0.5, 0.6) is 0 Å². The molecule has 0 radical (unpaired) electrons. The largest absolute Gasteiger partial charge is 0.460 e. The van der Waals surface area contributed by atoms with Gasteiger partial charge in [0.1, 0.15) is 0 Å². The number of hydrogen-bond acceptors (Lipinski definition) is 6. The Kier molecular flexibility index (Phi) is 6.99. The lowest BCUT2D eigenvalue weighted by Gasteiger charge is -2.37. The Bertz CT molecular complexity index is 1070. The molecule has 196 valence electrons. The van der Waals surface area contributed by atoms with Gasteiger partial charge < -0.3 is 19.4 Å². The van der Waals surface area contributed by atoms with E-state index < -0.39 is 37.0 Å². The lowest BCUT2D eigenvalue weighted by Crippen LogP contribution is -2.62. The Morgan fingerprint density at radius 2 is 1.42 bits per heavy atom. The molecule has 2 aliphatic heterocycles. The molecule has 1 aromatic heterocycles. The van der Waals surface area contributed by atoms with Gasteiger partial charge >= 0.3 is 18.0 Å². The first-order valence-electron chi connectivity index (χ1n) is 11.0. The minimum absolute atomic E-state index is 0.126. The standard InChI is InChI=1S/C22H22F7N5O2/c23-20(24,21(25,26)22(27,28)29)18(35)33-7-9-34(10-8-33)19-30-6-5-17(31-19)15-1-3-16(4-2-15)32-11-13-36-14-12-32/h1-6H,7-14H2. The first kappa shape index (κ1) is 25.9. The summed E-state index contributed by atoms with van der Waals surface area (Å²) in [6.07, 6.45) is -5.08. The van der Waals surface area contributed by atoms with E-state index in [0.29, 0.717) is 23.8 Å². The zero-order chi connectivity index (χ0) is 26.1. The molecule has 2 aromatic rings. The van der Waals surface area contributed by atoms with E-state index in [1.165, 1.54) is 11.1 Å². The monoisotopic (exact) mass is 521 g/mol. The first-order chi connectivity index (χ1) is 16.9. The minimum atomic E-state index is -6.57. The predicted molar refractivity (Wildman–Crippen MR) is 115 cm³/mol. The second kappa shape index (κ2) is 9.71. The summed E-state index contributed by atoms with van der Waals surface area (Å²) >= 11 is 0. The van der Waals surface area contributed by atoms with E-state index in [0.717, 1.165) is 24.3 Å². The van der Waals surface area contributed by atoms with Crippen molar-refractivity contribution in [1.29, 1.82) is 0 Å². The van der Waals surface area contributed by atoms with Gasteiger partial charge in [0, 0.05) is 56.7 Å². The number of carbonyl (C=O) groups excluding carboxylic acids is 1. The second-order valence-corrected chi connectivity index (χ2v) is 8.31. The van der Waals surface area contributed by atoms with Gasteiger partial charge in [-0.25, -0.2) is 9.97 Å². The Morgan fingerprint density at radius 1 is 0.806 bits per heavy atom. The average Bonchev–Trinajstić information content (AvgIpc) is 2.88. The number of carbonyl (C=O) groups is 1. The molecule has 2 saturated heterocycles. The topological polar surface area (TPSA) is 61.8 Å². The third kappa shape index (κ3) is 4.90. The molecule has 1 amide bonds. The van der Waals surface area contributed by atoms with Crippen LogP contribution < -0.4 is 9.80 Å². The third-order valence-corrected chi connectivity index (χ3v) is 6.05. The van der Waals surface area contributed by atoms with Gasteiger partial charge in [0.25, 0.3) is 5.91 Å². The lowest BCUT2D eigenvalue weighted by molar-refractivity contribution is -0.346. The Balaban J connectivity index is 1.41. The number of aromatic nitrogens is 2. The number of hydrogen-bond donors (Lipinski definition) is 0. The smallest absolute Gasteiger partial charge is 0.378 e. The SMILES string of the molecule is O=C(N1CCN(c2nccc(-c3ccc(N4CCOCC4)cc3)n2)CC1)C(F)(F)C(F)(F)C(F)(F)F. The number of amides is 1. The Labute approximate surface area is 201 Å². The van der Waals surface area contributed by atoms with Gasteiger partial charge in [-0.3, -0.25) is 4.79 Å². The van der Waals surface area contributed by atoms with Gasteiger partial charge in [0.2, 0.25) is 5.95 Å². The molecule has 0 spiro atoms. The molecule has 0 atom stereocenters. The maximum atomic E-state index is 13.8. The Hall–Kier alpha value is -3.16. The fourth-order valence-electron chi connectivity index (χ4n) is 3.95. The average molecular weight is 521 g/mol. The second-order valence-electron chi connectivity index (χ2n) is 8.31. The number of morpholine rings is 1. The van der Waals surface area contributed by atoms with Crippen LogP contribution in [0.1, 0.15) is 0 Å². The van der Waals surface area contributed by atoms with E-state index >= 15 is 0 Å². The number of piperazine rings is 1. The summed E-state index contributed by atoms with van der Waals surface area (Å²) < 4.78 is 96.6. The van der Waals surface area contributed by atoms with Crippen LogP contribution in [-0.4, -0.2) is 91.3 Å². The number of alkyl halides is 7. The summed E-state index contributed by atoms with van der Waals surface area (Å²) in [5.41, 5.74) is 2.40. The fraction of sp³-hybridized carbons (Fsp3) is 0.500. The molecule has 1 aromatic carbocycles. The van der Waals surface area contributed by atoms with Crippen molar-refractivity contribution in [3.63, 3.8) is 0 Å². The number of nitrogens with zero attached hydrogens (tertiary/aromatic N) is 5. The number of ether oxygens (including phenoxy) is 1. The highest BCUT2D eigenvalue weighted by Gasteiger charge is 2.76. The summed E-state index contributed by atoms with van der Waals surface area (Å²) in [4.78, 5) is 24.5. The van der Waals surface area contributed by atoms with Gasteiger partial charge in [-0.1, -0.05) is 12.1 Å². The molecular formula is C22H22F7N5O2. The molecule has 7 nitrogen and oxygen atoms in total. The molecule has 2 fully saturated rings. The van der Waals surface area contributed by atoms with Crippen molar-refractivity contribution >= 4 is 17.5 Å². The van der Waals surface area contributed by atoms with Crippen molar-refractivity contribution in [2.45, 2.75) is 18.0 Å². The molecule has 3 heterocycles. The van der Waals surface area contributed by atoms with Crippen molar-refractivity contribution in [2.24, 2.45) is 0 Å². The van der Waals surface area contributed by atoms with Gasteiger partial charge in [-0.05, 0) is 18.2 Å². The van der Waals surface area contributed by atoms with Crippen LogP contribution >= 0.6 is 0 Å². The molecule has 0 N–H and O–H groups in total. The molecule has 2 aliphatic rings. The third-order valence-electron chi connectivity index (χ3n) is 6.05. The lowest BCUT2D eigenvalue weighted by atomic mass is 10.1. The summed E-state index contributed by atoms with van der Waals surface area (Å²) in [5.74, 6) is -14.8. The predicted octanol–water partition coefficient (Wildman–Crippen LogP) is 3.46. The van der Waals surface area contributed by atoms with Crippen molar-refractivity contribution in [2.75, 3.05) is 62.3 Å². The van der Waals surface area contributed by atoms with Gasteiger partial charge in [0.05, 0.1) is 18.9 Å². The minimum Gasteiger partial charge on any atom is -0.378 e. The molecular weight excluding hydrogens is 499 g/mol. The van der Waals surface area contributed by atoms with E-state index in [4.69, 9.17) is 4.74 Å². The quantitative estimate of drug-likeness (QED) is 0.562. The van der Waals surface area contributed by atoms with Crippen LogP contribution in [0.25, 0.3) is 11.3 Å². The van der Waals surface area contributed by atoms with E-state index in [-0.39, 0.29) is 19.0 Å². The number of benzene rings is 1. The van der Waals surface area contributed by atoms with Crippen LogP contribution in [0.4, 0.5) is 42.4 Å². The summed E-state index contributed by atoms with van der Waals surface area (Å²) in [6.45, 7) is 1.62. The van der Waals surface area contributed by atoms with E-state index in [1.807, 2.05) is 24.3 Å².